The van der Waals surface area contributed by atoms with Crippen molar-refractivity contribution in [3.63, 3.8) is 0 Å². The summed E-state index contributed by atoms with van der Waals surface area (Å²) < 4.78 is 24.3. The molecule has 0 unspecified atom stereocenters. The molecule has 0 aliphatic carbocycles. The highest BCUT2D eigenvalue weighted by molar-refractivity contribution is 7.92. The Morgan fingerprint density at radius 1 is 1.16 bits per heavy atom. The number of carbonyl (C=O) groups excluding carboxylic acids is 1. The summed E-state index contributed by atoms with van der Waals surface area (Å²) in [6, 6.07) is 7.12. The molecule has 1 amide bonds. The average Bonchev–Trinajstić information content (AvgIpc) is 2.57. The summed E-state index contributed by atoms with van der Waals surface area (Å²) in [5.41, 5.74) is 1.11. The van der Waals surface area contributed by atoms with Gasteiger partial charge in [-0.3, -0.25) is 14.0 Å². The van der Waals surface area contributed by atoms with Gasteiger partial charge in [0.15, 0.2) is 0 Å². The van der Waals surface area contributed by atoms with E-state index >= 15 is 0 Å². The Bertz CT molecular complexity index is 721. The Morgan fingerprint density at radius 3 is 2.20 bits per heavy atom. The van der Waals surface area contributed by atoms with Gasteiger partial charge in [-0.25, -0.2) is 8.42 Å². The molecule has 0 aromatic heterocycles. The van der Waals surface area contributed by atoms with Gasteiger partial charge in [0.25, 0.3) is 5.91 Å². The van der Waals surface area contributed by atoms with E-state index in [1.54, 1.807) is 24.3 Å². The molecule has 8 heteroatoms. The standard InChI is InChI=1S/C17H25N3O4S/c1-18(25(2,23)24)14-5-3-13(4-6-14)17(22)19-9-7-15(8-10-19)20-11-16(21)12-20/h3-6,15-16,21H,7-12H2,1-2H3. The van der Waals surface area contributed by atoms with E-state index in [4.69, 9.17) is 0 Å². The number of amides is 1. The van der Waals surface area contributed by atoms with E-state index in [1.807, 2.05) is 4.90 Å². The van der Waals surface area contributed by atoms with Crippen molar-refractivity contribution < 1.29 is 18.3 Å². The first-order chi connectivity index (χ1) is 11.8. The second-order valence-corrected chi connectivity index (χ2v) is 8.92. The van der Waals surface area contributed by atoms with Crippen LogP contribution < -0.4 is 4.31 Å². The van der Waals surface area contributed by atoms with E-state index in [2.05, 4.69) is 4.90 Å². The topological polar surface area (TPSA) is 81.2 Å². The molecule has 0 saturated carbocycles. The van der Waals surface area contributed by atoms with Gasteiger partial charge in [0.1, 0.15) is 0 Å². The Balaban J connectivity index is 1.58. The van der Waals surface area contributed by atoms with Crippen LogP contribution in [0.15, 0.2) is 24.3 Å². The van der Waals surface area contributed by atoms with Crippen molar-refractivity contribution in [3.8, 4) is 0 Å². The van der Waals surface area contributed by atoms with Crippen LogP contribution in [0.25, 0.3) is 0 Å². The van der Waals surface area contributed by atoms with Crippen molar-refractivity contribution in [2.45, 2.75) is 25.0 Å². The van der Waals surface area contributed by atoms with Gasteiger partial charge < -0.3 is 10.0 Å². The molecule has 2 aliphatic rings. The van der Waals surface area contributed by atoms with Gasteiger partial charge in [-0.1, -0.05) is 0 Å². The van der Waals surface area contributed by atoms with E-state index in [1.165, 1.54) is 11.4 Å². The molecule has 0 bridgehead atoms. The highest BCUT2D eigenvalue weighted by Crippen LogP contribution is 2.23. The minimum absolute atomic E-state index is 0.0179. The number of aliphatic hydroxyl groups is 1. The first-order valence-corrected chi connectivity index (χ1v) is 10.4. The number of sulfonamides is 1. The van der Waals surface area contributed by atoms with Crippen molar-refractivity contribution in [3.05, 3.63) is 29.8 Å². The fraction of sp³-hybridized carbons (Fsp3) is 0.588. The molecule has 1 aromatic carbocycles. The molecule has 2 heterocycles. The Labute approximate surface area is 148 Å². The van der Waals surface area contributed by atoms with Crippen molar-refractivity contribution in [2.75, 3.05) is 43.8 Å². The van der Waals surface area contributed by atoms with Crippen LogP contribution in [0, 0.1) is 0 Å². The fourth-order valence-electron chi connectivity index (χ4n) is 3.41. The number of likely N-dealkylation sites (tertiary alicyclic amines) is 2. The van der Waals surface area contributed by atoms with Gasteiger partial charge in [0.05, 0.1) is 18.0 Å². The zero-order valence-electron chi connectivity index (χ0n) is 14.6. The number of piperidine rings is 1. The number of aliphatic hydroxyl groups excluding tert-OH is 1. The maximum atomic E-state index is 12.6. The zero-order chi connectivity index (χ0) is 18.2. The fourth-order valence-corrected chi connectivity index (χ4v) is 3.91. The number of benzene rings is 1. The van der Waals surface area contributed by atoms with Crippen molar-refractivity contribution in [1.29, 1.82) is 0 Å². The number of carbonyl (C=O) groups is 1. The van der Waals surface area contributed by atoms with E-state index in [9.17, 15) is 18.3 Å². The lowest BCUT2D eigenvalue weighted by Crippen LogP contribution is -2.58. The van der Waals surface area contributed by atoms with Gasteiger partial charge >= 0.3 is 0 Å². The predicted molar refractivity (Wildman–Crippen MR) is 96.2 cm³/mol. The van der Waals surface area contributed by atoms with Crippen LogP contribution in [0.4, 0.5) is 5.69 Å². The van der Waals surface area contributed by atoms with Gasteiger partial charge in [-0.2, -0.15) is 0 Å². The lowest BCUT2D eigenvalue weighted by Gasteiger charge is -2.45. The lowest BCUT2D eigenvalue weighted by molar-refractivity contribution is -0.0381. The molecule has 3 rings (SSSR count). The van der Waals surface area contributed by atoms with Gasteiger partial charge in [-0.05, 0) is 37.1 Å². The number of rotatable bonds is 4. The maximum absolute atomic E-state index is 12.6. The summed E-state index contributed by atoms with van der Waals surface area (Å²) in [5.74, 6) is -0.0179. The number of hydrogen-bond donors (Lipinski definition) is 1. The normalized spacial score (nSPS) is 20.4. The molecule has 2 fully saturated rings. The van der Waals surface area contributed by atoms with Crippen molar-refractivity contribution >= 4 is 21.6 Å². The summed E-state index contributed by atoms with van der Waals surface area (Å²) in [4.78, 5) is 16.8. The highest BCUT2D eigenvalue weighted by Gasteiger charge is 2.33. The molecule has 1 N–H and O–H groups in total. The number of hydrogen-bond acceptors (Lipinski definition) is 5. The monoisotopic (exact) mass is 367 g/mol. The molecule has 0 spiro atoms. The SMILES string of the molecule is CN(c1ccc(C(=O)N2CCC(N3CC(O)C3)CC2)cc1)S(C)(=O)=O. The summed E-state index contributed by atoms with van der Waals surface area (Å²) in [7, 11) is -1.82. The van der Waals surface area contributed by atoms with E-state index in [0.717, 1.165) is 32.2 Å². The molecule has 2 aliphatic heterocycles. The first kappa shape index (κ1) is 18.2. The summed E-state index contributed by atoms with van der Waals surface area (Å²) >= 11 is 0. The molecule has 2 saturated heterocycles. The third-order valence-electron chi connectivity index (χ3n) is 5.13. The van der Waals surface area contributed by atoms with E-state index in [0.29, 0.717) is 30.4 Å². The minimum atomic E-state index is -3.31. The molecular weight excluding hydrogens is 342 g/mol. The molecule has 25 heavy (non-hydrogen) atoms. The van der Waals surface area contributed by atoms with E-state index < -0.39 is 10.0 Å². The van der Waals surface area contributed by atoms with E-state index in [-0.39, 0.29) is 12.0 Å². The predicted octanol–water partition coefficient (Wildman–Crippen LogP) is 0.364. The third kappa shape index (κ3) is 3.96. The van der Waals surface area contributed by atoms with Gasteiger partial charge in [0.2, 0.25) is 10.0 Å². The van der Waals surface area contributed by atoms with Crippen LogP contribution in [0.5, 0.6) is 0 Å². The quantitative estimate of drug-likeness (QED) is 0.831. The van der Waals surface area contributed by atoms with Crippen LogP contribution >= 0.6 is 0 Å². The minimum Gasteiger partial charge on any atom is -0.390 e. The second-order valence-electron chi connectivity index (χ2n) is 6.91. The summed E-state index contributed by atoms with van der Waals surface area (Å²) in [5, 5.41) is 9.40. The maximum Gasteiger partial charge on any atom is 0.253 e. The Morgan fingerprint density at radius 2 is 1.72 bits per heavy atom. The van der Waals surface area contributed by atoms with Gasteiger partial charge in [-0.15, -0.1) is 0 Å². The Kier molecular flexibility index (Phi) is 5.04. The van der Waals surface area contributed by atoms with Crippen molar-refractivity contribution in [1.82, 2.24) is 9.80 Å². The smallest absolute Gasteiger partial charge is 0.253 e. The van der Waals surface area contributed by atoms with Crippen LogP contribution in [0.3, 0.4) is 0 Å². The van der Waals surface area contributed by atoms with Crippen LogP contribution in [-0.2, 0) is 10.0 Å². The third-order valence-corrected chi connectivity index (χ3v) is 6.34. The average molecular weight is 367 g/mol. The molecule has 7 nitrogen and oxygen atoms in total. The number of nitrogens with zero attached hydrogens (tertiary/aromatic N) is 3. The first-order valence-electron chi connectivity index (χ1n) is 8.51. The number of β-amino-alcohol motifs (C(OH)–C–C–N with tert-alkyl or cyclic N) is 1. The largest absolute Gasteiger partial charge is 0.390 e. The molecule has 0 atom stereocenters. The van der Waals surface area contributed by atoms with Crippen LogP contribution in [0.1, 0.15) is 23.2 Å². The zero-order valence-corrected chi connectivity index (χ0v) is 15.4. The summed E-state index contributed by atoms with van der Waals surface area (Å²) in [6.07, 6.45) is 2.80. The van der Waals surface area contributed by atoms with Crippen LogP contribution in [-0.4, -0.2) is 80.9 Å². The summed E-state index contributed by atoms with van der Waals surface area (Å²) in [6.45, 7) is 2.91. The molecule has 138 valence electrons. The number of anilines is 1. The molecule has 1 aromatic rings. The molecular formula is C17H25N3O4S. The van der Waals surface area contributed by atoms with Crippen LogP contribution in [0.2, 0.25) is 0 Å². The van der Waals surface area contributed by atoms with Crippen molar-refractivity contribution in [2.24, 2.45) is 0 Å². The highest BCUT2D eigenvalue weighted by atomic mass is 32.2. The second kappa shape index (κ2) is 6.93. The van der Waals surface area contributed by atoms with Gasteiger partial charge in [0, 0.05) is 44.8 Å². The molecule has 0 radical (unpaired) electrons. The lowest BCUT2D eigenvalue weighted by atomic mass is 9.98. The Hall–Kier alpha value is -1.64.